The number of esters is 1. The van der Waals surface area contributed by atoms with Gasteiger partial charge in [-0.05, 0) is 38.6 Å². The lowest BCUT2D eigenvalue weighted by atomic mass is 9.94. The summed E-state index contributed by atoms with van der Waals surface area (Å²) in [4.78, 5) is 14.3. The molecule has 4 nitrogen and oxygen atoms in total. The minimum atomic E-state index is -0.0240. The smallest absolute Gasteiger partial charge is 0.305 e. The molecule has 0 aromatic heterocycles. The van der Waals surface area contributed by atoms with E-state index in [1.54, 1.807) is 0 Å². The van der Waals surface area contributed by atoms with E-state index in [-0.39, 0.29) is 12.6 Å². The Kier molecular flexibility index (Phi) is 17.6. The van der Waals surface area contributed by atoms with E-state index in [0.29, 0.717) is 19.1 Å². The largest absolute Gasteiger partial charge is 0.466 e. The van der Waals surface area contributed by atoms with Crippen molar-refractivity contribution < 1.29 is 14.6 Å². The molecule has 1 aliphatic rings. The molecule has 172 valence electrons. The molecular formula is C25H49NO3. The molecule has 1 rings (SSSR count). The van der Waals surface area contributed by atoms with Crippen LogP contribution < -0.4 is 0 Å². The van der Waals surface area contributed by atoms with Crippen LogP contribution in [0.5, 0.6) is 0 Å². The molecular weight excluding hydrogens is 362 g/mol. The molecule has 0 unspecified atom stereocenters. The van der Waals surface area contributed by atoms with Gasteiger partial charge in [-0.3, -0.25) is 9.69 Å². The summed E-state index contributed by atoms with van der Waals surface area (Å²) in [5.74, 6) is -0.0240. The molecule has 0 aromatic rings. The Balaban J connectivity index is 1.91. The molecule has 0 aromatic carbocycles. The SMILES string of the molecule is CCCCCCCCCCCOC(=O)CCCCCN(CCO)C1CCCCC1. The molecule has 29 heavy (non-hydrogen) atoms. The molecule has 0 heterocycles. The van der Waals surface area contributed by atoms with E-state index in [9.17, 15) is 9.90 Å². The third-order valence-electron chi connectivity index (χ3n) is 6.32. The van der Waals surface area contributed by atoms with Crippen LogP contribution in [0.1, 0.15) is 122 Å². The van der Waals surface area contributed by atoms with Crippen molar-refractivity contribution in [1.82, 2.24) is 4.90 Å². The fourth-order valence-electron chi connectivity index (χ4n) is 4.48. The van der Waals surface area contributed by atoms with Gasteiger partial charge in [0.1, 0.15) is 0 Å². The summed E-state index contributed by atoms with van der Waals surface area (Å²) >= 11 is 0. The first-order chi connectivity index (χ1) is 14.3. The van der Waals surface area contributed by atoms with Crippen LogP contribution in [0.15, 0.2) is 0 Å². The van der Waals surface area contributed by atoms with Crippen molar-refractivity contribution in [1.29, 1.82) is 0 Å². The zero-order chi connectivity index (χ0) is 21.0. The van der Waals surface area contributed by atoms with Gasteiger partial charge in [-0.15, -0.1) is 0 Å². The van der Waals surface area contributed by atoms with Crippen molar-refractivity contribution in [3.63, 3.8) is 0 Å². The first-order valence-electron chi connectivity index (χ1n) is 12.8. The Labute approximate surface area is 180 Å². The fourth-order valence-corrected chi connectivity index (χ4v) is 4.48. The number of carbonyl (C=O) groups is 1. The highest BCUT2D eigenvalue weighted by Gasteiger charge is 2.20. The van der Waals surface area contributed by atoms with Gasteiger partial charge in [0.05, 0.1) is 13.2 Å². The molecule has 0 saturated heterocycles. The van der Waals surface area contributed by atoms with Crippen LogP contribution in [-0.4, -0.2) is 48.3 Å². The lowest BCUT2D eigenvalue weighted by Crippen LogP contribution is -2.39. The number of aliphatic hydroxyl groups excluding tert-OH is 1. The summed E-state index contributed by atoms with van der Waals surface area (Å²) in [5.41, 5.74) is 0. The number of ether oxygens (including phenoxy) is 1. The van der Waals surface area contributed by atoms with Gasteiger partial charge in [0, 0.05) is 19.0 Å². The average molecular weight is 412 g/mol. The highest BCUT2D eigenvalue weighted by molar-refractivity contribution is 5.69. The number of aliphatic hydroxyl groups is 1. The Morgan fingerprint density at radius 3 is 2.10 bits per heavy atom. The van der Waals surface area contributed by atoms with Gasteiger partial charge in [-0.1, -0.05) is 84.0 Å². The van der Waals surface area contributed by atoms with Crippen LogP contribution in [-0.2, 0) is 9.53 Å². The Morgan fingerprint density at radius 2 is 1.45 bits per heavy atom. The van der Waals surface area contributed by atoms with Crippen molar-refractivity contribution >= 4 is 5.97 Å². The maximum Gasteiger partial charge on any atom is 0.305 e. The fraction of sp³-hybridized carbons (Fsp3) is 0.960. The molecule has 0 atom stereocenters. The standard InChI is InChI=1S/C25H49NO3/c1-2-3-4-5-6-7-8-9-16-23-29-25(28)19-14-11-15-20-26(21-22-27)24-17-12-10-13-18-24/h24,27H,2-23H2,1H3. The normalized spacial score (nSPS) is 15.1. The number of unbranched alkanes of at least 4 members (excludes halogenated alkanes) is 10. The predicted molar refractivity (Wildman–Crippen MR) is 122 cm³/mol. The third kappa shape index (κ3) is 14.9. The lowest BCUT2D eigenvalue weighted by molar-refractivity contribution is -0.143. The monoisotopic (exact) mass is 411 g/mol. The van der Waals surface area contributed by atoms with Gasteiger partial charge in [0.2, 0.25) is 0 Å². The Bertz CT molecular complexity index is 369. The summed E-state index contributed by atoms with van der Waals surface area (Å²) in [6.45, 7) is 4.96. The molecule has 0 bridgehead atoms. The number of carbonyl (C=O) groups excluding carboxylic acids is 1. The second-order valence-corrected chi connectivity index (χ2v) is 8.91. The molecule has 1 N–H and O–H groups in total. The maximum atomic E-state index is 11.9. The van der Waals surface area contributed by atoms with Crippen molar-refractivity contribution in [2.75, 3.05) is 26.3 Å². The van der Waals surface area contributed by atoms with E-state index in [1.165, 1.54) is 83.5 Å². The highest BCUT2D eigenvalue weighted by atomic mass is 16.5. The average Bonchev–Trinajstić information content (AvgIpc) is 2.74. The van der Waals surface area contributed by atoms with E-state index < -0.39 is 0 Å². The summed E-state index contributed by atoms with van der Waals surface area (Å²) in [7, 11) is 0. The first-order valence-corrected chi connectivity index (χ1v) is 12.8. The summed E-state index contributed by atoms with van der Waals surface area (Å²) in [6, 6.07) is 0.664. The second kappa shape index (κ2) is 19.4. The summed E-state index contributed by atoms with van der Waals surface area (Å²) < 4.78 is 5.38. The molecule has 1 aliphatic carbocycles. The van der Waals surface area contributed by atoms with E-state index in [4.69, 9.17) is 4.74 Å². The minimum absolute atomic E-state index is 0.0240. The topological polar surface area (TPSA) is 49.8 Å². The van der Waals surface area contributed by atoms with Crippen LogP contribution in [0, 0.1) is 0 Å². The molecule has 1 fully saturated rings. The van der Waals surface area contributed by atoms with Gasteiger partial charge in [-0.25, -0.2) is 0 Å². The minimum Gasteiger partial charge on any atom is -0.466 e. The third-order valence-corrected chi connectivity index (χ3v) is 6.32. The lowest BCUT2D eigenvalue weighted by Gasteiger charge is -2.34. The van der Waals surface area contributed by atoms with E-state index >= 15 is 0 Å². The van der Waals surface area contributed by atoms with Crippen LogP contribution in [0.25, 0.3) is 0 Å². The second-order valence-electron chi connectivity index (χ2n) is 8.91. The number of nitrogens with zero attached hydrogens (tertiary/aromatic N) is 1. The van der Waals surface area contributed by atoms with Crippen LogP contribution >= 0.6 is 0 Å². The first kappa shape index (κ1) is 26.4. The zero-order valence-electron chi connectivity index (χ0n) is 19.3. The molecule has 4 heteroatoms. The van der Waals surface area contributed by atoms with Crippen molar-refractivity contribution in [2.45, 2.75) is 129 Å². The highest BCUT2D eigenvalue weighted by Crippen LogP contribution is 2.23. The van der Waals surface area contributed by atoms with Gasteiger partial charge < -0.3 is 9.84 Å². The molecule has 0 radical (unpaired) electrons. The number of hydrogen-bond donors (Lipinski definition) is 1. The van der Waals surface area contributed by atoms with Gasteiger partial charge in [0.25, 0.3) is 0 Å². The Hall–Kier alpha value is -0.610. The van der Waals surface area contributed by atoms with Gasteiger partial charge >= 0.3 is 5.97 Å². The predicted octanol–water partition coefficient (Wildman–Crippen LogP) is 6.25. The van der Waals surface area contributed by atoms with Crippen molar-refractivity contribution in [2.24, 2.45) is 0 Å². The van der Waals surface area contributed by atoms with Crippen molar-refractivity contribution in [3.05, 3.63) is 0 Å². The molecule has 0 spiro atoms. The molecule has 0 aliphatic heterocycles. The Morgan fingerprint density at radius 1 is 0.828 bits per heavy atom. The van der Waals surface area contributed by atoms with Crippen LogP contribution in [0.4, 0.5) is 0 Å². The van der Waals surface area contributed by atoms with Crippen LogP contribution in [0.3, 0.4) is 0 Å². The van der Waals surface area contributed by atoms with Gasteiger partial charge in [-0.2, -0.15) is 0 Å². The molecule has 1 saturated carbocycles. The van der Waals surface area contributed by atoms with Gasteiger partial charge in [0.15, 0.2) is 0 Å². The van der Waals surface area contributed by atoms with E-state index in [2.05, 4.69) is 11.8 Å². The van der Waals surface area contributed by atoms with Crippen LogP contribution in [0.2, 0.25) is 0 Å². The van der Waals surface area contributed by atoms with E-state index in [1.807, 2.05) is 0 Å². The quantitative estimate of drug-likeness (QED) is 0.202. The summed E-state index contributed by atoms with van der Waals surface area (Å²) in [6.07, 6.45) is 21.9. The molecule has 0 amide bonds. The number of rotatable bonds is 19. The van der Waals surface area contributed by atoms with Crippen molar-refractivity contribution in [3.8, 4) is 0 Å². The summed E-state index contributed by atoms with van der Waals surface area (Å²) in [5, 5.41) is 9.33. The maximum absolute atomic E-state index is 11.9. The van der Waals surface area contributed by atoms with E-state index in [0.717, 1.165) is 38.8 Å². The zero-order valence-corrected chi connectivity index (χ0v) is 19.3. The number of hydrogen-bond acceptors (Lipinski definition) is 4.